The van der Waals surface area contributed by atoms with Crippen molar-refractivity contribution in [1.82, 2.24) is 10.1 Å². The van der Waals surface area contributed by atoms with Crippen LogP contribution in [0.1, 0.15) is 19.0 Å². The Morgan fingerprint density at radius 3 is 3.11 bits per heavy atom. The fourth-order valence-electron chi connectivity index (χ4n) is 2.24. The van der Waals surface area contributed by atoms with Crippen molar-refractivity contribution in [2.45, 2.75) is 26.3 Å². The van der Waals surface area contributed by atoms with Crippen molar-refractivity contribution in [3.05, 3.63) is 11.8 Å². The zero-order chi connectivity index (χ0) is 13.1. The highest BCUT2D eigenvalue weighted by Crippen LogP contribution is 2.18. The molecule has 1 aliphatic heterocycles. The Balaban J connectivity index is 1.78. The maximum atomic E-state index is 11.8. The number of anilines is 1. The van der Waals surface area contributed by atoms with E-state index in [4.69, 9.17) is 10.3 Å². The predicted octanol–water partition coefficient (Wildman–Crippen LogP) is 0.591. The number of likely N-dealkylation sites (tertiary alicyclic amines) is 1. The first-order valence-corrected chi connectivity index (χ1v) is 6.25. The second kappa shape index (κ2) is 5.49. The van der Waals surface area contributed by atoms with Crippen LogP contribution >= 0.6 is 0 Å². The average molecular weight is 252 g/mol. The van der Waals surface area contributed by atoms with Gasteiger partial charge in [0.1, 0.15) is 0 Å². The first-order valence-electron chi connectivity index (χ1n) is 6.25. The molecular formula is C12H20N4O2. The lowest BCUT2D eigenvalue weighted by Gasteiger charge is -2.16. The highest BCUT2D eigenvalue weighted by Gasteiger charge is 2.26. The van der Waals surface area contributed by atoms with Crippen LogP contribution in [0.25, 0.3) is 0 Å². The smallest absolute Gasteiger partial charge is 0.240 e. The lowest BCUT2D eigenvalue weighted by atomic mass is 10.0. The van der Waals surface area contributed by atoms with E-state index in [9.17, 15) is 4.79 Å². The summed E-state index contributed by atoms with van der Waals surface area (Å²) in [5.74, 6) is 0.822. The molecule has 1 aromatic rings. The molecule has 0 aliphatic carbocycles. The number of carbonyl (C=O) groups is 1. The SMILES string of the molecule is Cc1cc(NC(=O)CN2CCC(C(C)N)C2)on1. The molecule has 6 heteroatoms. The third-order valence-corrected chi connectivity index (χ3v) is 3.31. The van der Waals surface area contributed by atoms with E-state index in [1.54, 1.807) is 6.07 Å². The lowest BCUT2D eigenvalue weighted by molar-refractivity contribution is -0.117. The molecule has 1 fully saturated rings. The first-order chi connectivity index (χ1) is 8.54. The monoisotopic (exact) mass is 252 g/mol. The third-order valence-electron chi connectivity index (χ3n) is 3.31. The Hall–Kier alpha value is -1.40. The summed E-state index contributed by atoms with van der Waals surface area (Å²) in [4.78, 5) is 13.9. The van der Waals surface area contributed by atoms with E-state index < -0.39 is 0 Å². The van der Waals surface area contributed by atoms with Gasteiger partial charge in [0.25, 0.3) is 0 Å². The summed E-state index contributed by atoms with van der Waals surface area (Å²) in [5, 5.41) is 6.41. The van der Waals surface area contributed by atoms with Gasteiger partial charge in [-0.2, -0.15) is 0 Å². The highest BCUT2D eigenvalue weighted by atomic mass is 16.5. The standard InChI is InChI=1S/C12H20N4O2/c1-8-5-12(18-15-8)14-11(17)7-16-4-3-10(6-16)9(2)13/h5,9-10H,3-4,6-7,13H2,1-2H3,(H,14,17). The third kappa shape index (κ3) is 3.30. The fraction of sp³-hybridized carbons (Fsp3) is 0.667. The van der Waals surface area contributed by atoms with Crippen LogP contribution in [0.3, 0.4) is 0 Å². The van der Waals surface area contributed by atoms with Crippen molar-refractivity contribution in [1.29, 1.82) is 0 Å². The number of amides is 1. The molecule has 1 aromatic heterocycles. The molecule has 3 N–H and O–H groups in total. The van der Waals surface area contributed by atoms with Gasteiger partial charge in [-0.15, -0.1) is 0 Å². The van der Waals surface area contributed by atoms with Crippen molar-refractivity contribution in [3.63, 3.8) is 0 Å². The number of nitrogens with one attached hydrogen (secondary N) is 1. The highest BCUT2D eigenvalue weighted by molar-refractivity contribution is 5.90. The van der Waals surface area contributed by atoms with Gasteiger partial charge in [-0.3, -0.25) is 15.0 Å². The minimum atomic E-state index is -0.0727. The van der Waals surface area contributed by atoms with Crippen molar-refractivity contribution >= 4 is 11.8 Å². The van der Waals surface area contributed by atoms with Crippen LogP contribution in [-0.4, -0.2) is 41.6 Å². The summed E-state index contributed by atoms with van der Waals surface area (Å²) >= 11 is 0. The van der Waals surface area contributed by atoms with Gasteiger partial charge in [0.15, 0.2) is 0 Å². The molecule has 1 saturated heterocycles. The van der Waals surface area contributed by atoms with Crippen LogP contribution in [0.4, 0.5) is 5.88 Å². The van der Waals surface area contributed by atoms with Gasteiger partial charge in [-0.05, 0) is 32.7 Å². The van der Waals surface area contributed by atoms with Crippen molar-refractivity contribution in [3.8, 4) is 0 Å². The number of hydrogen-bond donors (Lipinski definition) is 2. The molecule has 1 amide bonds. The molecule has 0 radical (unpaired) electrons. The second-order valence-electron chi connectivity index (χ2n) is 5.02. The normalized spacial score (nSPS) is 22.1. The molecule has 0 aromatic carbocycles. The molecule has 0 spiro atoms. The van der Waals surface area contributed by atoms with E-state index in [0.29, 0.717) is 18.3 Å². The average Bonchev–Trinajstić information content (AvgIpc) is 2.88. The van der Waals surface area contributed by atoms with Crippen molar-refractivity contribution in [2.24, 2.45) is 11.7 Å². The topological polar surface area (TPSA) is 84.4 Å². The first kappa shape index (κ1) is 13.0. The molecular weight excluding hydrogens is 232 g/mol. The fourth-order valence-corrected chi connectivity index (χ4v) is 2.24. The van der Waals surface area contributed by atoms with Crippen LogP contribution in [0.5, 0.6) is 0 Å². The number of rotatable bonds is 4. The molecule has 18 heavy (non-hydrogen) atoms. The van der Waals surface area contributed by atoms with Crippen LogP contribution in [0, 0.1) is 12.8 Å². The largest absolute Gasteiger partial charge is 0.338 e. The molecule has 2 heterocycles. The molecule has 2 unspecified atom stereocenters. The van der Waals surface area contributed by atoms with E-state index in [0.717, 1.165) is 25.2 Å². The molecule has 0 saturated carbocycles. The van der Waals surface area contributed by atoms with Gasteiger partial charge < -0.3 is 10.3 Å². The van der Waals surface area contributed by atoms with E-state index in [1.807, 2.05) is 13.8 Å². The van der Waals surface area contributed by atoms with Gasteiger partial charge in [0.05, 0.1) is 12.2 Å². The lowest BCUT2D eigenvalue weighted by Crippen LogP contribution is -2.34. The van der Waals surface area contributed by atoms with Gasteiger partial charge in [-0.25, -0.2) is 0 Å². The van der Waals surface area contributed by atoms with E-state index in [2.05, 4.69) is 15.4 Å². The molecule has 2 rings (SSSR count). The summed E-state index contributed by atoms with van der Waals surface area (Å²) in [6.07, 6.45) is 1.06. The Morgan fingerprint density at radius 1 is 1.78 bits per heavy atom. The second-order valence-corrected chi connectivity index (χ2v) is 5.02. The number of aryl methyl sites for hydroxylation is 1. The summed E-state index contributed by atoms with van der Waals surface area (Å²) < 4.78 is 4.94. The summed E-state index contributed by atoms with van der Waals surface area (Å²) in [6.45, 7) is 6.02. The van der Waals surface area contributed by atoms with Crippen LogP contribution in [0.2, 0.25) is 0 Å². The quantitative estimate of drug-likeness (QED) is 0.819. The zero-order valence-electron chi connectivity index (χ0n) is 10.8. The van der Waals surface area contributed by atoms with Crippen molar-refractivity contribution in [2.75, 3.05) is 25.0 Å². The maximum Gasteiger partial charge on any atom is 0.240 e. The van der Waals surface area contributed by atoms with E-state index >= 15 is 0 Å². The van der Waals surface area contributed by atoms with E-state index in [-0.39, 0.29) is 11.9 Å². The molecule has 100 valence electrons. The van der Waals surface area contributed by atoms with Gasteiger partial charge in [0.2, 0.25) is 11.8 Å². The van der Waals surface area contributed by atoms with Gasteiger partial charge in [-0.1, -0.05) is 5.16 Å². The number of hydrogen-bond acceptors (Lipinski definition) is 5. The molecule has 6 nitrogen and oxygen atoms in total. The van der Waals surface area contributed by atoms with Crippen LogP contribution in [-0.2, 0) is 4.79 Å². The summed E-state index contributed by atoms with van der Waals surface area (Å²) in [6, 6.07) is 1.89. The maximum absolute atomic E-state index is 11.8. The predicted molar refractivity (Wildman–Crippen MR) is 68.1 cm³/mol. The molecule has 0 bridgehead atoms. The number of carbonyl (C=O) groups excluding carboxylic acids is 1. The zero-order valence-corrected chi connectivity index (χ0v) is 10.8. The van der Waals surface area contributed by atoms with Crippen molar-refractivity contribution < 1.29 is 9.32 Å². The Labute approximate surface area is 106 Å². The minimum absolute atomic E-state index is 0.0727. The molecule has 1 aliphatic rings. The molecule has 2 atom stereocenters. The van der Waals surface area contributed by atoms with E-state index in [1.165, 1.54) is 0 Å². The summed E-state index contributed by atoms with van der Waals surface area (Å²) in [7, 11) is 0. The van der Waals surface area contributed by atoms with Gasteiger partial charge in [0, 0.05) is 18.7 Å². The van der Waals surface area contributed by atoms with Crippen LogP contribution < -0.4 is 11.1 Å². The Morgan fingerprint density at radius 2 is 2.56 bits per heavy atom. The number of nitrogens with two attached hydrogens (primary N) is 1. The summed E-state index contributed by atoms with van der Waals surface area (Å²) in [5.41, 5.74) is 6.62. The van der Waals surface area contributed by atoms with Gasteiger partial charge >= 0.3 is 0 Å². The Bertz CT molecular complexity index is 416. The Kier molecular flexibility index (Phi) is 3.98. The number of nitrogens with zero attached hydrogens (tertiary/aromatic N) is 2. The van der Waals surface area contributed by atoms with Crippen LogP contribution in [0.15, 0.2) is 10.6 Å². The minimum Gasteiger partial charge on any atom is -0.338 e. The number of aromatic nitrogens is 1.